The van der Waals surface area contributed by atoms with Gasteiger partial charge in [-0.05, 0) is 44.4 Å². The molecular formula is C19H26N6O2. The molecule has 2 saturated heterocycles. The Hall–Kier alpha value is -2.64. The van der Waals surface area contributed by atoms with E-state index in [1.807, 2.05) is 44.5 Å². The second kappa shape index (κ2) is 7.54. The summed E-state index contributed by atoms with van der Waals surface area (Å²) in [7, 11) is 0. The summed E-state index contributed by atoms with van der Waals surface area (Å²) < 4.78 is 1.81. The number of aryl methyl sites for hydroxylation is 1. The van der Waals surface area contributed by atoms with E-state index in [9.17, 15) is 9.59 Å². The van der Waals surface area contributed by atoms with Crippen molar-refractivity contribution in [3.05, 3.63) is 23.8 Å². The second-order valence-electron chi connectivity index (χ2n) is 7.22. The number of piperidine rings is 1. The highest BCUT2D eigenvalue weighted by Gasteiger charge is 2.28. The van der Waals surface area contributed by atoms with Gasteiger partial charge in [-0.1, -0.05) is 5.21 Å². The predicted octanol–water partition coefficient (Wildman–Crippen LogP) is 1.81. The summed E-state index contributed by atoms with van der Waals surface area (Å²) in [6.07, 6.45) is 3.40. The highest BCUT2D eigenvalue weighted by Crippen LogP contribution is 2.17. The Morgan fingerprint density at radius 1 is 0.926 bits per heavy atom. The molecule has 0 radical (unpaired) electrons. The third-order valence-electron chi connectivity index (χ3n) is 5.52. The number of amides is 3. The van der Waals surface area contributed by atoms with Gasteiger partial charge in [-0.3, -0.25) is 4.79 Å². The number of fused-ring (bicyclic) bond motifs is 1. The Morgan fingerprint density at radius 3 is 2.30 bits per heavy atom. The average molecular weight is 370 g/mol. The zero-order valence-corrected chi connectivity index (χ0v) is 15.8. The lowest BCUT2D eigenvalue weighted by atomic mass is 10.1. The lowest BCUT2D eigenvalue weighted by Gasteiger charge is -2.38. The van der Waals surface area contributed by atoms with Crippen molar-refractivity contribution in [2.24, 2.45) is 0 Å². The fourth-order valence-electron chi connectivity index (χ4n) is 3.91. The molecule has 0 N–H and O–H groups in total. The zero-order valence-electron chi connectivity index (χ0n) is 15.8. The largest absolute Gasteiger partial charge is 0.335 e. The Morgan fingerprint density at radius 2 is 1.59 bits per heavy atom. The molecule has 3 amide bonds. The van der Waals surface area contributed by atoms with E-state index in [-0.39, 0.29) is 11.9 Å². The minimum atomic E-state index is -0.00646. The number of benzene rings is 1. The molecule has 0 unspecified atom stereocenters. The lowest BCUT2D eigenvalue weighted by Crippen LogP contribution is -2.54. The third kappa shape index (κ3) is 3.48. The van der Waals surface area contributed by atoms with Crippen LogP contribution in [0.3, 0.4) is 0 Å². The summed E-state index contributed by atoms with van der Waals surface area (Å²) in [6.45, 7) is 6.79. The molecule has 1 aromatic heterocycles. The van der Waals surface area contributed by atoms with E-state index in [1.54, 1.807) is 0 Å². The zero-order chi connectivity index (χ0) is 18.8. The van der Waals surface area contributed by atoms with Gasteiger partial charge in [-0.2, -0.15) is 0 Å². The first-order valence-electron chi connectivity index (χ1n) is 9.84. The topological polar surface area (TPSA) is 74.6 Å². The fraction of sp³-hybridized carbons (Fsp3) is 0.579. The van der Waals surface area contributed by atoms with Crippen LogP contribution in [0.4, 0.5) is 4.79 Å². The molecule has 27 heavy (non-hydrogen) atoms. The number of carbonyl (C=O) groups excluding carboxylic acids is 2. The maximum Gasteiger partial charge on any atom is 0.320 e. The van der Waals surface area contributed by atoms with Crippen molar-refractivity contribution < 1.29 is 9.59 Å². The first-order chi connectivity index (χ1) is 13.2. The third-order valence-corrected chi connectivity index (χ3v) is 5.52. The molecule has 0 spiro atoms. The van der Waals surface area contributed by atoms with Crippen molar-refractivity contribution in [3.63, 3.8) is 0 Å². The van der Waals surface area contributed by atoms with E-state index in [2.05, 4.69) is 10.3 Å². The van der Waals surface area contributed by atoms with Crippen LogP contribution in [-0.2, 0) is 6.54 Å². The van der Waals surface area contributed by atoms with Crippen LogP contribution < -0.4 is 0 Å². The monoisotopic (exact) mass is 370 g/mol. The van der Waals surface area contributed by atoms with Gasteiger partial charge in [0.15, 0.2) is 0 Å². The van der Waals surface area contributed by atoms with Crippen LogP contribution in [0.5, 0.6) is 0 Å². The summed E-state index contributed by atoms with van der Waals surface area (Å²) in [5, 5.41) is 8.24. The number of rotatable bonds is 2. The van der Waals surface area contributed by atoms with Gasteiger partial charge in [-0.25, -0.2) is 9.48 Å². The molecule has 4 rings (SSSR count). The first kappa shape index (κ1) is 17.8. The van der Waals surface area contributed by atoms with Crippen molar-refractivity contribution in [2.45, 2.75) is 32.7 Å². The average Bonchev–Trinajstić information content (AvgIpc) is 3.16. The van der Waals surface area contributed by atoms with E-state index >= 15 is 0 Å². The molecule has 2 aliphatic rings. The molecule has 8 nitrogen and oxygen atoms in total. The van der Waals surface area contributed by atoms with Gasteiger partial charge in [-0.15, -0.1) is 5.10 Å². The molecular weight excluding hydrogens is 344 g/mol. The number of hydrogen-bond donors (Lipinski definition) is 0. The van der Waals surface area contributed by atoms with Gasteiger partial charge in [0.2, 0.25) is 0 Å². The normalized spacial score (nSPS) is 18.2. The number of nitrogens with zero attached hydrogens (tertiary/aromatic N) is 6. The molecule has 8 heteroatoms. The molecule has 2 fully saturated rings. The Bertz CT molecular complexity index is 834. The highest BCUT2D eigenvalue weighted by atomic mass is 16.2. The highest BCUT2D eigenvalue weighted by molar-refractivity contribution is 5.97. The van der Waals surface area contributed by atoms with Crippen LogP contribution in [0.25, 0.3) is 11.0 Å². The SMILES string of the molecule is CCn1nnc2cc(C(=O)N3CCN(C(=O)N4CCCCC4)CC3)ccc21. The van der Waals surface area contributed by atoms with Crippen molar-refractivity contribution in [2.75, 3.05) is 39.3 Å². The Kier molecular flexibility index (Phi) is 4.96. The van der Waals surface area contributed by atoms with Gasteiger partial charge >= 0.3 is 6.03 Å². The molecule has 3 heterocycles. The van der Waals surface area contributed by atoms with Gasteiger partial charge in [0, 0.05) is 51.4 Å². The molecule has 2 aromatic rings. The molecule has 0 saturated carbocycles. The standard InChI is InChI=1S/C19H26N6O2/c1-2-25-17-7-6-15(14-16(17)20-21-25)18(26)22-10-12-24(13-11-22)19(27)23-8-4-3-5-9-23/h6-7,14H,2-5,8-13H2,1H3. The van der Waals surface area contributed by atoms with Crippen LogP contribution in [-0.4, -0.2) is 80.9 Å². The van der Waals surface area contributed by atoms with E-state index < -0.39 is 0 Å². The molecule has 0 atom stereocenters. The molecule has 1 aromatic carbocycles. The summed E-state index contributed by atoms with van der Waals surface area (Å²) >= 11 is 0. The minimum Gasteiger partial charge on any atom is -0.335 e. The number of likely N-dealkylation sites (tertiary alicyclic amines) is 1. The van der Waals surface area contributed by atoms with Gasteiger partial charge in [0.05, 0.1) is 5.52 Å². The smallest absolute Gasteiger partial charge is 0.320 e. The van der Waals surface area contributed by atoms with E-state index in [1.165, 1.54) is 6.42 Å². The molecule has 2 aliphatic heterocycles. The predicted molar refractivity (Wildman–Crippen MR) is 101 cm³/mol. The Labute approximate surface area is 158 Å². The van der Waals surface area contributed by atoms with Gasteiger partial charge in [0.25, 0.3) is 5.91 Å². The first-order valence-corrected chi connectivity index (χ1v) is 9.84. The van der Waals surface area contributed by atoms with Crippen LogP contribution in [0, 0.1) is 0 Å². The van der Waals surface area contributed by atoms with Crippen LogP contribution in [0.15, 0.2) is 18.2 Å². The number of hydrogen-bond acceptors (Lipinski definition) is 4. The number of aromatic nitrogens is 3. The van der Waals surface area contributed by atoms with E-state index in [0.717, 1.165) is 43.5 Å². The van der Waals surface area contributed by atoms with E-state index in [4.69, 9.17) is 0 Å². The van der Waals surface area contributed by atoms with Crippen molar-refractivity contribution in [3.8, 4) is 0 Å². The Balaban J connectivity index is 1.39. The van der Waals surface area contributed by atoms with Crippen molar-refractivity contribution in [1.82, 2.24) is 29.7 Å². The maximum atomic E-state index is 12.9. The van der Waals surface area contributed by atoms with Crippen LogP contribution in [0.2, 0.25) is 0 Å². The lowest BCUT2D eigenvalue weighted by molar-refractivity contribution is 0.0633. The van der Waals surface area contributed by atoms with Crippen LogP contribution in [0.1, 0.15) is 36.5 Å². The van der Waals surface area contributed by atoms with Crippen molar-refractivity contribution in [1.29, 1.82) is 0 Å². The summed E-state index contributed by atoms with van der Waals surface area (Å²) in [5.74, 6) is -0.00646. The minimum absolute atomic E-state index is 0.00646. The quantitative estimate of drug-likeness (QED) is 0.808. The van der Waals surface area contributed by atoms with Crippen molar-refractivity contribution >= 4 is 23.0 Å². The van der Waals surface area contributed by atoms with E-state index in [0.29, 0.717) is 31.7 Å². The van der Waals surface area contributed by atoms with Gasteiger partial charge in [0.1, 0.15) is 5.52 Å². The maximum absolute atomic E-state index is 12.9. The molecule has 144 valence electrons. The second-order valence-corrected chi connectivity index (χ2v) is 7.22. The number of urea groups is 1. The van der Waals surface area contributed by atoms with Gasteiger partial charge < -0.3 is 14.7 Å². The van der Waals surface area contributed by atoms with Crippen LogP contribution >= 0.6 is 0 Å². The summed E-state index contributed by atoms with van der Waals surface area (Å²) in [4.78, 5) is 31.1. The number of carbonyl (C=O) groups is 2. The number of piperazine rings is 1. The fourth-order valence-corrected chi connectivity index (χ4v) is 3.91. The summed E-state index contributed by atoms with van der Waals surface area (Å²) in [6, 6.07) is 5.68. The molecule has 0 aliphatic carbocycles. The molecule has 0 bridgehead atoms. The summed E-state index contributed by atoms with van der Waals surface area (Å²) in [5.41, 5.74) is 2.30.